The first-order valence-electron chi connectivity index (χ1n) is 10.5. The van der Waals surface area contributed by atoms with Gasteiger partial charge in [-0.1, -0.05) is 6.07 Å². The van der Waals surface area contributed by atoms with E-state index in [0.717, 1.165) is 37.3 Å². The van der Waals surface area contributed by atoms with Crippen molar-refractivity contribution in [2.24, 2.45) is 0 Å². The molecule has 1 aromatic heterocycles. The van der Waals surface area contributed by atoms with Crippen LogP contribution in [0.4, 0.5) is 22.0 Å². The van der Waals surface area contributed by atoms with Gasteiger partial charge in [-0.25, -0.2) is 9.78 Å². The van der Waals surface area contributed by atoms with Crippen molar-refractivity contribution < 1.29 is 19.1 Å². The highest BCUT2D eigenvalue weighted by Crippen LogP contribution is 2.19. The summed E-state index contributed by atoms with van der Waals surface area (Å²) in [4.78, 5) is 31.1. The van der Waals surface area contributed by atoms with Crippen molar-refractivity contribution >= 4 is 29.1 Å². The Balaban J connectivity index is 1.28. The van der Waals surface area contributed by atoms with Crippen LogP contribution in [0.3, 0.4) is 0 Å². The van der Waals surface area contributed by atoms with E-state index in [9.17, 15) is 9.59 Å². The molecule has 9 nitrogen and oxygen atoms in total. The zero-order valence-corrected chi connectivity index (χ0v) is 17.3. The maximum absolute atomic E-state index is 12.3. The van der Waals surface area contributed by atoms with Gasteiger partial charge < -0.3 is 30.3 Å². The number of nitrogens with one attached hydrogen (secondary N) is 3. The summed E-state index contributed by atoms with van der Waals surface area (Å²) in [7, 11) is 0. The number of rotatable bonds is 6. The third kappa shape index (κ3) is 5.71. The molecular weight excluding hydrogens is 398 g/mol. The number of amides is 3. The van der Waals surface area contributed by atoms with Gasteiger partial charge in [0.15, 0.2) is 0 Å². The van der Waals surface area contributed by atoms with E-state index in [1.54, 1.807) is 30.5 Å². The lowest BCUT2D eigenvalue weighted by atomic mass is 10.2. The number of aromatic nitrogens is 1. The van der Waals surface area contributed by atoms with Gasteiger partial charge in [0.1, 0.15) is 11.9 Å². The molecule has 3 amide bonds. The van der Waals surface area contributed by atoms with Crippen LogP contribution in [0.1, 0.15) is 18.4 Å². The average Bonchev–Trinajstić information content (AvgIpc) is 3.35. The van der Waals surface area contributed by atoms with Gasteiger partial charge in [0.05, 0.1) is 13.2 Å². The van der Waals surface area contributed by atoms with Crippen molar-refractivity contribution in [2.45, 2.75) is 25.5 Å². The SMILES string of the molecule is O=C(NCc1cccnc1N1CCOCC1)Nc1ccc(NC(=O)[C@H]2CCCO2)cc1. The second-order valence-corrected chi connectivity index (χ2v) is 7.46. The van der Waals surface area contributed by atoms with E-state index in [-0.39, 0.29) is 18.0 Å². The first-order valence-corrected chi connectivity index (χ1v) is 10.5. The molecule has 164 valence electrons. The molecule has 3 heterocycles. The number of hydrogen-bond acceptors (Lipinski definition) is 6. The van der Waals surface area contributed by atoms with Crippen LogP contribution in [0, 0.1) is 0 Å². The number of urea groups is 1. The number of carbonyl (C=O) groups excluding carboxylic acids is 2. The monoisotopic (exact) mass is 425 g/mol. The van der Waals surface area contributed by atoms with Crippen molar-refractivity contribution in [2.75, 3.05) is 48.4 Å². The van der Waals surface area contributed by atoms with Crippen LogP contribution < -0.4 is 20.9 Å². The lowest BCUT2D eigenvalue weighted by molar-refractivity contribution is -0.124. The minimum absolute atomic E-state index is 0.136. The van der Waals surface area contributed by atoms with Crippen molar-refractivity contribution in [3.8, 4) is 0 Å². The highest BCUT2D eigenvalue weighted by molar-refractivity contribution is 5.95. The van der Waals surface area contributed by atoms with Crippen LogP contribution in [0.15, 0.2) is 42.6 Å². The predicted molar refractivity (Wildman–Crippen MR) is 117 cm³/mol. The van der Waals surface area contributed by atoms with Gasteiger partial charge >= 0.3 is 6.03 Å². The minimum atomic E-state index is -0.376. The van der Waals surface area contributed by atoms with Crippen molar-refractivity contribution in [1.29, 1.82) is 0 Å². The molecular formula is C22H27N5O4. The molecule has 1 atom stereocenters. The molecule has 3 N–H and O–H groups in total. The maximum atomic E-state index is 12.3. The molecule has 0 saturated carbocycles. The molecule has 2 aliphatic rings. The van der Waals surface area contributed by atoms with Gasteiger partial charge in [-0.3, -0.25) is 4.79 Å². The molecule has 31 heavy (non-hydrogen) atoms. The summed E-state index contributed by atoms with van der Waals surface area (Å²) < 4.78 is 10.8. The Morgan fingerprint density at radius 2 is 1.77 bits per heavy atom. The van der Waals surface area contributed by atoms with Crippen LogP contribution >= 0.6 is 0 Å². The zero-order valence-electron chi connectivity index (χ0n) is 17.3. The van der Waals surface area contributed by atoms with E-state index in [1.807, 2.05) is 12.1 Å². The lowest BCUT2D eigenvalue weighted by Crippen LogP contribution is -2.38. The Labute approximate surface area is 181 Å². The summed E-state index contributed by atoms with van der Waals surface area (Å²) in [6.45, 7) is 3.91. The standard InChI is InChI=1S/C22H27N5O4/c28-21(19-4-2-12-31-19)25-17-5-7-18(8-6-17)26-22(29)24-15-16-3-1-9-23-20(16)27-10-13-30-14-11-27/h1,3,5-9,19H,2,4,10-15H2,(H,25,28)(H2,24,26,29)/t19-/m1/s1. The minimum Gasteiger partial charge on any atom is -0.378 e. The van der Waals surface area contributed by atoms with Crippen LogP contribution in [0.5, 0.6) is 0 Å². The fourth-order valence-electron chi connectivity index (χ4n) is 3.62. The molecule has 0 unspecified atom stereocenters. The summed E-state index contributed by atoms with van der Waals surface area (Å²) in [5, 5.41) is 8.52. The highest BCUT2D eigenvalue weighted by Gasteiger charge is 2.23. The van der Waals surface area contributed by atoms with E-state index in [0.29, 0.717) is 37.7 Å². The lowest BCUT2D eigenvalue weighted by Gasteiger charge is -2.29. The molecule has 2 saturated heterocycles. The van der Waals surface area contributed by atoms with Gasteiger partial charge in [0, 0.05) is 49.4 Å². The second-order valence-electron chi connectivity index (χ2n) is 7.46. The Hall–Kier alpha value is -3.17. The quantitative estimate of drug-likeness (QED) is 0.656. The number of benzene rings is 1. The number of nitrogens with zero attached hydrogens (tertiary/aromatic N) is 2. The smallest absolute Gasteiger partial charge is 0.319 e. The number of ether oxygens (including phenoxy) is 2. The fourth-order valence-corrected chi connectivity index (χ4v) is 3.62. The Morgan fingerprint density at radius 1 is 1.03 bits per heavy atom. The molecule has 0 bridgehead atoms. The van der Waals surface area contributed by atoms with Crippen molar-refractivity contribution in [3.63, 3.8) is 0 Å². The number of carbonyl (C=O) groups is 2. The van der Waals surface area contributed by atoms with E-state index in [1.165, 1.54) is 0 Å². The molecule has 2 aliphatic heterocycles. The van der Waals surface area contributed by atoms with Gasteiger partial charge in [0.2, 0.25) is 0 Å². The molecule has 9 heteroatoms. The number of hydrogen-bond donors (Lipinski definition) is 3. The Morgan fingerprint density at radius 3 is 2.48 bits per heavy atom. The van der Waals surface area contributed by atoms with E-state index in [2.05, 4.69) is 25.8 Å². The summed E-state index contributed by atoms with van der Waals surface area (Å²) in [6, 6.07) is 10.5. The summed E-state index contributed by atoms with van der Waals surface area (Å²) >= 11 is 0. The third-order valence-corrected chi connectivity index (χ3v) is 5.25. The van der Waals surface area contributed by atoms with Crippen LogP contribution in [-0.2, 0) is 20.8 Å². The van der Waals surface area contributed by atoms with Gasteiger partial charge in [-0.2, -0.15) is 0 Å². The molecule has 0 spiro atoms. The average molecular weight is 425 g/mol. The number of anilines is 3. The normalized spacial score (nSPS) is 18.5. The number of pyridine rings is 1. The highest BCUT2D eigenvalue weighted by atomic mass is 16.5. The molecule has 1 aromatic carbocycles. The first-order chi connectivity index (χ1) is 15.2. The van der Waals surface area contributed by atoms with Crippen molar-refractivity contribution in [3.05, 3.63) is 48.2 Å². The second kappa shape index (κ2) is 10.2. The largest absolute Gasteiger partial charge is 0.378 e. The summed E-state index contributed by atoms with van der Waals surface area (Å²) in [6.07, 6.45) is 3.03. The molecule has 0 aliphatic carbocycles. The number of morpholine rings is 1. The Kier molecular flexibility index (Phi) is 6.96. The van der Waals surface area contributed by atoms with Gasteiger partial charge in [-0.05, 0) is 43.2 Å². The maximum Gasteiger partial charge on any atom is 0.319 e. The van der Waals surface area contributed by atoms with Crippen LogP contribution in [0.25, 0.3) is 0 Å². The molecule has 2 aromatic rings. The van der Waals surface area contributed by atoms with E-state index >= 15 is 0 Å². The van der Waals surface area contributed by atoms with Crippen LogP contribution in [0.2, 0.25) is 0 Å². The summed E-state index contributed by atoms with van der Waals surface area (Å²) in [5.74, 6) is 0.737. The zero-order chi connectivity index (χ0) is 21.5. The summed E-state index contributed by atoms with van der Waals surface area (Å²) in [5.41, 5.74) is 2.25. The van der Waals surface area contributed by atoms with Gasteiger partial charge in [-0.15, -0.1) is 0 Å². The fraction of sp³-hybridized carbons (Fsp3) is 0.409. The van der Waals surface area contributed by atoms with E-state index < -0.39 is 0 Å². The van der Waals surface area contributed by atoms with Crippen molar-refractivity contribution in [1.82, 2.24) is 10.3 Å². The Bertz CT molecular complexity index is 893. The van der Waals surface area contributed by atoms with E-state index in [4.69, 9.17) is 9.47 Å². The molecule has 0 radical (unpaired) electrons. The predicted octanol–water partition coefficient (Wildman–Crippen LogP) is 2.36. The molecule has 2 fully saturated rings. The van der Waals surface area contributed by atoms with Gasteiger partial charge in [0.25, 0.3) is 5.91 Å². The molecule has 4 rings (SSSR count). The topological polar surface area (TPSA) is 105 Å². The third-order valence-electron chi connectivity index (χ3n) is 5.25. The van der Waals surface area contributed by atoms with Crippen LogP contribution in [-0.4, -0.2) is 55.9 Å². The first kappa shape index (κ1) is 21.1.